The van der Waals surface area contributed by atoms with E-state index in [-0.39, 0.29) is 38.7 Å². The standard InChI is InChI=1S/C20H13ClN2O2.C20H14N2O2/c1-11-8-15-17(20(21)23-11)22-10-16(19(15)25)18(24)14-7-6-12-4-2-3-5-13(12)9-14;1-12-8-16-18(11-21-12)22-10-17(20(16)24)19(23)15-7-6-13-4-2-3-5-14(13)9-15/h2-10H,1H3,(H,22,25);2-11H,1H3,(H,22,24). The van der Waals surface area contributed by atoms with Gasteiger partial charge in [-0.1, -0.05) is 84.4 Å². The van der Waals surface area contributed by atoms with Crippen molar-refractivity contribution in [3.05, 3.63) is 175 Å². The third-order valence-corrected chi connectivity index (χ3v) is 8.64. The van der Waals surface area contributed by atoms with Gasteiger partial charge >= 0.3 is 0 Å². The van der Waals surface area contributed by atoms with Crippen LogP contribution in [0.1, 0.15) is 43.2 Å². The maximum absolute atomic E-state index is 12.9. The molecular formula is C40H27ClN4O4. The first-order valence-electron chi connectivity index (χ1n) is 15.4. The van der Waals surface area contributed by atoms with E-state index in [4.69, 9.17) is 11.6 Å². The van der Waals surface area contributed by atoms with E-state index in [2.05, 4.69) is 19.9 Å². The third kappa shape index (κ3) is 6.01. The number of aromatic amines is 2. The number of hydrogen-bond donors (Lipinski definition) is 2. The molecule has 0 saturated carbocycles. The van der Waals surface area contributed by atoms with Crippen molar-refractivity contribution in [3.63, 3.8) is 0 Å². The number of hydrogen-bond acceptors (Lipinski definition) is 6. The first-order valence-corrected chi connectivity index (χ1v) is 15.8. The summed E-state index contributed by atoms with van der Waals surface area (Å²) >= 11 is 6.08. The van der Waals surface area contributed by atoms with Crippen LogP contribution in [0.4, 0.5) is 0 Å². The molecule has 238 valence electrons. The Morgan fingerprint density at radius 3 is 1.71 bits per heavy atom. The fourth-order valence-corrected chi connectivity index (χ4v) is 6.13. The number of carbonyl (C=O) groups is 2. The quantitative estimate of drug-likeness (QED) is 0.146. The zero-order valence-electron chi connectivity index (χ0n) is 26.4. The molecule has 0 atom stereocenters. The van der Waals surface area contributed by atoms with Gasteiger partial charge in [-0.05, 0) is 59.7 Å². The number of fused-ring (bicyclic) bond motifs is 4. The Morgan fingerprint density at radius 1 is 0.612 bits per heavy atom. The zero-order valence-corrected chi connectivity index (χ0v) is 27.1. The summed E-state index contributed by atoms with van der Waals surface area (Å²) in [5.74, 6) is -0.599. The third-order valence-electron chi connectivity index (χ3n) is 8.37. The predicted octanol–water partition coefficient (Wildman–Crippen LogP) is 7.88. The molecule has 0 aliphatic carbocycles. The van der Waals surface area contributed by atoms with Crippen LogP contribution in [-0.2, 0) is 0 Å². The highest BCUT2D eigenvalue weighted by molar-refractivity contribution is 6.33. The van der Waals surface area contributed by atoms with Crippen LogP contribution in [-0.4, -0.2) is 31.5 Å². The Kier molecular flexibility index (Phi) is 8.16. The second kappa shape index (κ2) is 12.7. The van der Waals surface area contributed by atoms with E-state index in [0.717, 1.165) is 27.2 Å². The van der Waals surface area contributed by atoms with Gasteiger partial charge in [0.1, 0.15) is 0 Å². The predicted molar refractivity (Wildman–Crippen MR) is 194 cm³/mol. The Bertz CT molecular complexity index is 2750. The average Bonchev–Trinajstić information content (AvgIpc) is 3.12. The Balaban J connectivity index is 0.000000154. The van der Waals surface area contributed by atoms with Crippen molar-refractivity contribution in [1.29, 1.82) is 0 Å². The van der Waals surface area contributed by atoms with Crippen molar-refractivity contribution in [2.45, 2.75) is 13.8 Å². The molecule has 8 nitrogen and oxygen atoms in total. The molecule has 4 aromatic heterocycles. The number of carbonyl (C=O) groups excluding carboxylic acids is 2. The number of benzene rings is 4. The number of ketones is 2. The Morgan fingerprint density at radius 2 is 1.12 bits per heavy atom. The fraction of sp³-hybridized carbons (Fsp3) is 0.0500. The molecule has 0 aliphatic heterocycles. The van der Waals surface area contributed by atoms with Gasteiger partial charge < -0.3 is 9.97 Å². The van der Waals surface area contributed by atoms with Gasteiger partial charge in [0.05, 0.1) is 33.7 Å². The van der Waals surface area contributed by atoms with Crippen LogP contribution in [0.15, 0.2) is 125 Å². The van der Waals surface area contributed by atoms with Gasteiger partial charge in [-0.3, -0.25) is 24.2 Å². The normalized spacial score (nSPS) is 11.1. The van der Waals surface area contributed by atoms with Gasteiger partial charge in [0.15, 0.2) is 16.7 Å². The summed E-state index contributed by atoms with van der Waals surface area (Å²) in [6, 6.07) is 29.8. The molecule has 0 radical (unpaired) electrons. The molecule has 4 heterocycles. The molecule has 0 aliphatic rings. The zero-order chi connectivity index (χ0) is 34.2. The minimum Gasteiger partial charge on any atom is -0.359 e. The van der Waals surface area contributed by atoms with Gasteiger partial charge in [-0.15, -0.1) is 0 Å². The van der Waals surface area contributed by atoms with Crippen LogP contribution in [0.2, 0.25) is 5.15 Å². The molecule has 9 heteroatoms. The maximum atomic E-state index is 12.9. The van der Waals surface area contributed by atoms with Gasteiger partial charge in [0, 0.05) is 40.3 Å². The van der Waals surface area contributed by atoms with Crippen LogP contribution in [0.25, 0.3) is 43.4 Å². The number of rotatable bonds is 4. The van der Waals surface area contributed by atoms with Crippen LogP contribution in [0.5, 0.6) is 0 Å². The average molecular weight is 663 g/mol. The van der Waals surface area contributed by atoms with E-state index in [1.54, 1.807) is 43.5 Å². The van der Waals surface area contributed by atoms with Crippen molar-refractivity contribution in [3.8, 4) is 0 Å². The van der Waals surface area contributed by atoms with E-state index in [9.17, 15) is 19.2 Å². The number of pyridine rings is 4. The summed E-state index contributed by atoms with van der Waals surface area (Å²) in [7, 11) is 0. The van der Waals surface area contributed by atoms with E-state index >= 15 is 0 Å². The largest absolute Gasteiger partial charge is 0.359 e. The van der Waals surface area contributed by atoms with E-state index in [1.165, 1.54) is 12.4 Å². The van der Waals surface area contributed by atoms with Gasteiger partial charge in [-0.25, -0.2) is 4.98 Å². The van der Waals surface area contributed by atoms with Crippen molar-refractivity contribution < 1.29 is 9.59 Å². The molecule has 4 aromatic carbocycles. The molecule has 0 fully saturated rings. The molecule has 8 aromatic rings. The van der Waals surface area contributed by atoms with Crippen LogP contribution in [0.3, 0.4) is 0 Å². The maximum Gasteiger partial charge on any atom is 0.200 e. The first kappa shape index (κ1) is 31.4. The summed E-state index contributed by atoms with van der Waals surface area (Å²) in [6.45, 7) is 3.57. The smallest absolute Gasteiger partial charge is 0.200 e. The fourth-order valence-electron chi connectivity index (χ4n) is 5.84. The summed E-state index contributed by atoms with van der Waals surface area (Å²) in [4.78, 5) is 65.3. The first-order chi connectivity index (χ1) is 23.7. The van der Waals surface area contributed by atoms with Gasteiger partial charge in [0.25, 0.3) is 0 Å². The highest BCUT2D eigenvalue weighted by Gasteiger charge is 2.18. The minimum absolute atomic E-state index is 0.0875. The number of H-pyrrole nitrogens is 2. The number of nitrogens with zero attached hydrogens (tertiary/aromatic N) is 2. The Hall–Kier alpha value is -6.25. The number of aromatic nitrogens is 4. The van der Waals surface area contributed by atoms with Crippen molar-refractivity contribution in [2.24, 2.45) is 0 Å². The summed E-state index contributed by atoms with van der Waals surface area (Å²) in [5, 5.41) is 5.09. The lowest BCUT2D eigenvalue weighted by Crippen LogP contribution is -2.17. The number of nitrogens with one attached hydrogen (secondary N) is 2. The molecule has 0 unspecified atom stereocenters. The monoisotopic (exact) mass is 662 g/mol. The second-order valence-electron chi connectivity index (χ2n) is 11.7. The number of aryl methyl sites for hydroxylation is 2. The molecule has 49 heavy (non-hydrogen) atoms. The summed E-state index contributed by atoms with van der Waals surface area (Å²) in [6.07, 6.45) is 4.49. The summed E-state index contributed by atoms with van der Waals surface area (Å²) in [5.41, 5.74) is 3.01. The molecule has 0 saturated heterocycles. The number of halogens is 1. The van der Waals surface area contributed by atoms with E-state index in [0.29, 0.717) is 38.6 Å². The molecular weight excluding hydrogens is 636 g/mol. The lowest BCUT2D eigenvalue weighted by atomic mass is 10.00. The molecule has 8 rings (SSSR count). The molecule has 0 amide bonds. The van der Waals surface area contributed by atoms with Crippen molar-refractivity contribution in [2.75, 3.05) is 0 Å². The molecule has 0 spiro atoms. The Labute approximate surface area is 284 Å². The molecule has 2 N–H and O–H groups in total. The lowest BCUT2D eigenvalue weighted by Gasteiger charge is -2.06. The van der Waals surface area contributed by atoms with E-state index in [1.807, 2.05) is 73.7 Å². The lowest BCUT2D eigenvalue weighted by molar-refractivity contribution is 0.103. The topological polar surface area (TPSA) is 126 Å². The van der Waals surface area contributed by atoms with Crippen LogP contribution < -0.4 is 10.9 Å². The minimum atomic E-state index is -0.348. The van der Waals surface area contributed by atoms with Crippen LogP contribution in [0, 0.1) is 13.8 Å². The van der Waals surface area contributed by atoms with Gasteiger partial charge in [-0.2, -0.15) is 0 Å². The van der Waals surface area contributed by atoms with Crippen molar-refractivity contribution in [1.82, 2.24) is 19.9 Å². The highest BCUT2D eigenvalue weighted by Crippen LogP contribution is 2.21. The molecule has 0 bridgehead atoms. The SMILES string of the molecule is Cc1cc2c(=O)c(C(=O)c3ccc4ccccc4c3)c[nH]c2c(Cl)n1.Cc1cc2c(=O)c(C(=O)c3ccc4ccccc4c3)c[nH]c2cn1. The summed E-state index contributed by atoms with van der Waals surface area (Å²) < 4.78 is 0. The highest BCUT2D eigenvalue weighted by atomic mass is 35.5. The second-order valence-corrected chi connectivity index (χ2v) is 12.1. The van der Waals surface area contributed by atoms with E-state index < -0.39 is 0 Å². The van der Waals surface area contributed by atoms with Gasteiger partial charge in [0.2, 0.25) is 10.9 Å². The van der Waals surface area contributed by atoms with Crippen LogP contribution >= 0.6 is 11.6 Å². The van der Waals surface area contributed by atoms with Crippen molar-refractivity contribution >= 4 is 66.5 Å².